The molecular formula is C14H16N2O2. The van der Waals surface area contributed by atoms with Crippen molar-refractivity contribution in [2.45, 2.75) is 38.1 Å². The van der Waals surface area contributed by atoms with Crippen molar-refractivity contribution in [2.75, 3.05) is 0 Å². The molecule has 0 aliphatic heterocycles. The maximum Gasteiger partial charge on any atom is 0.226 e. The average Bonchev–Trinajstić information content (AvgIpc) is 3.00. The summed E-state index contributed by atoms with van der Waals surface area (Å²) in [4.78, 5) is 11.9. The molecule has 1 N–H and O–H groups in total. The second-order valence-electron chi connectivity index (χ2n) is 4.85. The summed E-state index contributed by atoms with van der Waals surface area (Å²) in [6.07, 6.45) is 4.94. The first-order valence-electron chi connectivity index (χ1n) is 6.45. The maximum absolute atomic E-state index is 11.9. The van der Waals surface area contributed by atoms with E-state index in [9.17, 15) is 4.79 Å². The van der Waals surface area contributed by atoms with Gasteiger partial charge in [0.25, 0.3) is 0 Å². The van der Waals surface area contributed by atoms with E-state index in [1.54, 1.807) is 0 Å². The Morgan fingerprint density at radius 2 is 2.11 bits per heavy atom. The van der Waals surface area contributed by atoms with E-state index in [-0.39, 0.29) is 5.91 Å². The van der Waals surface area contributed by atoms with Gasteiger partial charge in [-0.2, -0.15) is 0 Å². The van der Waals surface area contributed by atoms with Gasteiger partial charge in [0.05, 0.1) is 6.42 Å². The van der Waals surface area contributed by atoms with E-state index in [2.05, 4.69) is 10.5 Å². The highest BCUT2D eigenvalue weighted by Crippen LogP contribution is 2.20. The van der Waals surface area contributed by atoms with Crippen molar-refractivity contribution in [3.8, 4) is 0 Å². The number of hydrogen-bond donors (Lipinski definition) is 1. The van der Waals surface area contributed by atoms with E-state index in [1.165, 1.54) is 12.8 Å². The summed E-state index contributed by atoms with van der Waals surface area (Å²) in [5.41, 5.74) is 1.46. The zero-order chi connectivity index (χ0) is 12.4. The van der Waals surface area contributed by atoms with Crippen LogP contribution in [-0.2, 0) is 11.2 Å². The van der Waals surface area contributed by atoms with Crippen molar-refractivity contribution in [1.82, 2.24) is 10.5 Å². The van der Waals surface area contributed by atoms with E-state index in [0.29, 0.717) is 12.5 Å². The van der Waals surface area contributed by atoms with Gasteiger partial charge in [-0.15, -0.1) is 0 Å². The lowest BCUT2D eigenvalue weighted by molar-refractivity contribution is -0.121. The quantitative estimate of drug-likeness (QED) is 0.902. The lowest BCUT2D eigenvalue weighted by Gasteiger charge is -2.10. The van der Waals surface area contributed by atoms with Gasteiger partial charge < -0.3 is 9.84 Å². The van der Waals surface area contributed by atoms with Gasteiger partial charge in [0.1, 0.15) is 5.69 Å². The first-order valence-corrected chi connectivity index (χ1v) is 6.45. The molecule has 1 aromatic carbocycles. The van der Waals surface area contributed by atoms with Crippen LogP contribution in [0.4, 0.5) is 0 Å². The Balaban J connectivity index is 1.70. The Morgan fingerprint density at radius 1 is 1.33 bits per heavy atom. The largest absolute Gasteiger partial charge is 0.356 e. The minimum Gasteiger partial charge on any atom is -0.356 e. The van der Waals surface area contributed by atoms with Crippen LogP contribution in [0.2, 0.25) is 0 Å². The minimum atomic E-state index is 0.0425. The van der Waals surface area contributed by atoms with Gasteiger partial charge in [-0.25, -0.2) is 0 Å². The van der Waals surface area contributed by atoms with Crippen LogP contribution in [-0.4, -0.2) is 17.1 Å². The molecule has 3 rings (SSSR count). The summed E-state index contributed by atoms with van der Waals surface area (Å²) in [7, 11) is 0. The second kappa shape index (κ2) is 4.80. The molecule has 0 bridgehead atoms. The number of aromatic nitrogens is 1. The predicted molar refractivity (Wildman–Crippen MR) is 68.1 cm³/mol. The summed E-state index contributed by atoms with van der Waals surface area (Å²) >= 11 is 0. The molecule has 0 unspecified atom stereocenters. The van der Waals surface area contributed by atoms with Crippen molar-refractivity contribution >= 4 is 16.9 Å². The average molecular weight is 244 g/mol. The van der Waals surface area contributed by atoms with E-state index < -0.39 is 0 Å². The Labute approximate surface area is 105 Å². The number of hydrogen-bond acceptors (Lipinski definition) is 3. The summed E-state index contributed by atoms with van der Waals surface area (Å²) in [6, 6.07) is 7.98. The number of benzene rings is 1. The Morgan fingerprint density at radius 3 is 2.94 bits per heavy atom. The van der Waals surface area contributed by atoms with Crippen LogP contribution in [0.15, 0.2) is 28.8 Å². The number of carbonyl (C=O) groups is 1. The SMILES string of the molecule is O=C(Cc1noc2ccccc12)NC1CCCC1. The van der Waals surface area contributed by atoms with Gasteiger partial charge in [0.2, 0.25) is 5.91 Å². The third kappa shape index (κ3) is 2.23. The third-order valence-electron chi connectivity index (χ3n) is 3.50. The zero-order valence-electron chi connectivity index (χ0n) is 10.2. The molecule has 4 nitrogen and oxygen atoms in total. The molecule has 0 radical (unpaired) electrons. The normalized spacial score (nSPS) is 16.2. The highest BCUT2D eigenvalue weighted by molar-refractivity contribution is 5.86. The van der Waals surface area contributed by atoms with Crippen LogP contribution in [0, 0.1) is 0 Å². The maximum atomic E-state index is 11.9. The van der Waals surface area contributed by atoms with Gasteiger partial charge in [-0.05, 0) is 25.0 Å². The number of para-hydroxylation sites is 1. The van der Waals surface area contributed by atoms with E-state index in [1.807, 2.05) is 24.3 Å². The number of rotatable bonds is 3. The summed E-state index contributed by atoms with van der Waals surface area (Å²) in [6.45, 7) is 0. The van der Waals surface area contributed by atoms with Crippen molar-refractivity contribution in [3.05, 3.63) is 30.0 Å². The fourth-order valence-electron chi connectivity index (χ4n) is 2.57. The van der Waals surface area contributed by atoms with Crippen LogP contribution in [0.5, 0.6) is 0 Å². The molecule has 0 saturated heterocycles. The van der Waals surface area contributed by atoms with Crippen LogP contribution in [0.3, 0.4) is 0 Å². The molecule has 1 heterocycles. The fourth-order valence-corrected chi connectivity index (χ4v) is 2.57. The number of fused-ring (bicyclic) bond motifs is 1. The fraction of sp³-hybridized carbons (Fsp3) is 0.429. The Kier molecular flexibility index (Phi) is 3.00. The molecule has 1 fully saturated rings. The molecule has 1 aliphatic carbocycles. The van der Waals surface area contributed by atoms with Gasteiger partial charge in [-0.3, -0.25) is 4.79 Å². The standard InChI is InChI=1S/C14H16N2O2/c17-14(15-10-5-1-2-6-10)9-12-11-7-3-4-8-13(11)18-16-12/h3-4,7-8,10H,1-2,5-6,9H2,(H,15,17). The topological polar surface area (TPSA) is 55.1 Å². The Bertz CT molecular complexity index is 556. The minimum absolute atomic E-state index is 0.0425. The van der Waals surface area contributed by atoms with Gasteiger partial charge in [-0.1, -0.05) is 30.1 Å². The van der Waals surface area contributed by atoms with Crippen molar-refractivity contribution in [2.24, 2.45) is 0 Å². The van der Waals surface area contributed by atoms with Crippen LogP contribution in [0.1, 0.15) is 31.4 Å². The molecular weight excluding hydrogens is 228 g/mol. The van der Waals surface area contributed by atoms with Gasteiger partial charge in [0, 0.05) is 11.4 Å². The van der Waals surface area contributed by atoms with Crippen LogP contribution in [0.25, 0.3) is 11.0 Å². The highest BCUT2D eigenvalue weighted by Gasteiger charge is 2.18. The first-order chi connectivity index (χ1) is 8.83. The molecule has 4 heteroatoms. The van der Waals surface area contributed by atoms with Crippen molar-refractivity contribution in [1.29, 1.82) is 0 Å². The highest BCUT2D eigenvalue weighted by atomic mass is 16.5. The number of carbonyl (C=O) groups excluding carboxylic acids is 1. The molecule has 1 aromatic heterocycles. The number of nitrogens with one attached hydrogen (secondary N) is 1. The summed E-state index contributed by atoms with van der Waals surface area (Å²) in [5.74, 6) is 0.0425. The summed E-state index contributed by atoms with van der Waals surface area (Å²) in [5, 5.41) is 7.96. The molecule has 94 valence electrons. The van der Waals surface area contributed by atoms with Crippen LogP contribution >= 0.6 is 0 Å². The van der Waals surface area contributed by atoms with E-state index in [0.717, 1.165) is 29.5 Å². The first kappa shape index (κ1) is 11.3. The summed E-state index contributed by atoms with van der Waals surface area (Å²) < 4.78 is 5.19. The number of nitrogens with zero attached hydrogens (tertiary/aromatic N) is 1. The molecule has 1 saturated carbocycles. The predicted octanol–water partition coefficient (Wildman–Crippen LogP) is 2.43. The zero-order valence-corrected chi connectivity index (χ0v) is 10.2. The molecule has 1 amide bonds. The van der Waals surface area contributed by atoms with Crippen molar-refractivity contribution < 1.29 is 9.32 Å². The van der Waals surface area contributed by atoms with Gasteiger partial charge in [0.15, 0.2) is 5.58 Å². The Hall–Kier alpha value is -1.84. The molecule has 0 spiro atoms. The lowest BCUT2D eigenvalue weighted by Crippen LogP contribution is -2.33. The molecule has 18 heavy (non-hydrogen) atoms. The molecule has 0 atom stereocenters. The van der Waals surface area contributed by atoms with E-state index >= 15 is 0 Å². The van der Waals surface area contributed by atoms with Crippen LogP contribution < -0.4 is 5.32 Å². The monoisotopic (exact) mass is 244 g/mol. The lowest BCUT2D eigenvalue weighted by atomic mass is 10.1. The smallest absolute Gasteiger partial charge is 0.226 e. The van der Waals surface area contributed by atoms with E-state index in [4.69, 9.17) is 4.52 Å². The molecule has 2 aromatic rings. The van der Waals surface area contributed by atoms with Crippen molar-refractivity contribution in [3.63, 3.8) is 0 Å². The van der Waals surface area contributed by atoms with Gasteiger partial charge >= 0.3 is 0 Å². The molecule has 1 aliphatic rings. The number of amides is 1. The second-order valence-corrected chi connectivity index (χ2v) is 4.85. The third-order valence-corrected chi connectivity index (χ3v) is 3.50.